The molecule has 0 amide bonds. The Bertz CT molecular complexity index is 740. The lowest BCUT2D eigenvalue weighted by Crippen LogP contribution is -2.53. The molecule has 1 aliphatic heterocycles. The third-order valence-corrected chi connectivity index (χ3v) is 5.83. The van der Waals surface area contributed by atoms with Crippen LogP contribution in [0.25, 0.3) is 10.9 Å². The van der Waals surface area contributed by atoms with Crippen LogP contribution in [0.4, 0.5) is 4.39 Å². The van der Waals surface area contributed by atoms with Crippen LogP contribution in [0.1, 0.15) is 25.0 Å². The van der Waals surface area contributed by atoms with Gasteiger partial charge in [0.05, 0.1) is 0 Å². The number of aliphatic hydroxyl groups excluding tert-OH is 1. The SMILES string of the molecule is Cn1c(CN2CCN(CC3CC3)C(CCO)C2)cc2cc(F)ccc21. The lowest BCUT2D eigenvalue weighted by molar-refractivity contribution is 0.0513. The fourth-order valence-electron chi connectivity index (χ4n) is 4.15. The second-order valence-electron chi connectivity index (χ2n) is 7.74. The number of hydrogen-bond acceptors (Lipinski definition) is 3. The first-order valence-electron chi connectivity index (χ1n) is 9.45. The van der Waals surface area contributed by atoms with Crippen LogP contribution in [-0.4, -0.2) is 58.3 Å². The van der Waals surface area contributed by atoms with Crippen LogP contribution in [-0.2, 0) is 13.6 Å². The smallest absolute Gasteiger partial charge is 0.123 e. The third kappa shape index (κ3) is 3.73. The Morgan fingerprint density at radius 1 is 1.20 bits per heavy atom. The van der Waals surface area contributed by atoms with Gasteiger partial charge >= 0.3 is 0 Å². The number of piperazine rings is 1. The summed E-state index contributed by atoms with van der Waals surface area (Å²) in [6.45, 7) is 5.48. The lowest BCUT2D eigenvalue weighted by atomic mass is 10.1. The van der Waals surface area contributed by atoms with Crippen molar-refractivity contribution in [2.24, 2.45) is 13.0 Å². The molecule has 1 aromatic carbocycles. The van der Waals surface area contributed by atoms with Crippen molar-refractivity contribution in [3.8, 4) is 0 Å². The van der Waals surface area contributed by atoms with E-state index >= 15 is 0 Å². The Labute approximate surface area is 148 Å². The fraction of sp³-hybridized carbons (Fsp3) is 0.600. The third-order valence-electron chi connectivity index (χ3n) is 5.83. The summed E-state index contributed by atoms with van der Waals surface area (Å²) in [6, 6.07) is 7.55. The average Bonchev–Trinajstić information content (AvgIpc) is 3.35. The van der Waals surface area contributed by atoms with E-state index in [-0.39, 0.29) is 12.4 Å². The summed E-state index contributed by atoms with van der Waals surface area (Å²) < 4.78 is 15.6. The minimum atomic E-state index is -0.179. The molecule has 136 valence electrons. The molecule has 0 spiro atoms. The zero-order chi connectivity index (χ0) is 17.4. The quantitative estimate of drug-likeness (QED) is 0.873. The molecule has 5 heteroatoms. The minimum absolute atomic E-state index is 0.179. The molecule has 2 aliphatic rings. The van der Waals surface area contributed by atoms with Crippen molar-refractivity contribution in [2.75, 3.05) is 32.8 Å². The predicted octanol–water partition coefficient (Wildman–Crippen LogP) is 2.60. The highest BCUT2D eigenvalue weighted by molar-refractivity contribution is 5.81. The highest BCUT2D eigenvalue weighted by Crippen LogP contribution is 2.31. The number of aryl methyl sites for hydroxylation is 1. The van der Waals surface area contributed by atoms with Crippen LogP contribution in [0.2, 0.25) is 0 Å². The zero-order valence-electron chi connectivity index (χ0n) is 15.0. The highest BCUT2D eigenvalue weighted by atomic mass is 19.1. The molecule has 1 saturated heterocycles. The molecule has 1 aromatic heterocycles. The van der Waals surface area contributed by atoms with E-state index in [0.29, 0.717) is 6.04 Å². The molecule has 1 atom stereocenters. The molecule has 1 saturated carbocycles. The van der Waals surface area contributed by atoms with Gasteiger partial charge in [0.1, 0.15) is 5.82 Å². The second-order valence-corrected chi connectivity index (χ2v) is 7.74. The first-order chi connectivity index (χ1) is 12.1. The van der Waals surface area contributed by atoms with Crippen molar-refractivity contribution >= 4 is 10.9 Å². The van der Waals surface area contributed by atoms with E-state index in [4.69, 9.17) is 0 Å². The maximum absolute atomic E-state index is 13.5. The summed E-state index contributed by atoms with van der Waals surface area (Å²) >= 11 is 0. The molecule has 25 heavy (non-hydrogen) atoms. The number of fused-ring (bicyclic) bond motifs is 1. The first-order valence-corrected chi connectivity index (χ1v) is 9.45. The van der Waals surface area contributed by atoms with Gasteiger partial charge in [-0.25, -0.2) is 4.39 Å². The summed E-state index contributed by atoms with van der Waals surface area (Å²) in [5, 5.41) is 10.4. The Hall–Kier alpha value is -1.43. The molecule has 4 rings (SSSR count). The van der Waals surface area contributed by atoms with Gasteiger partial charge in [-0.1, -0.05) is 0 Å². The highest BCUT2D eigenvalue weighted by Gasteiger charge is 2.31. The Morgan fingerprint density at radius 2 is 2.04 bits per heavy atom. The zero-order valence-corrected chi connectivity index (χ0v) is 15.0. The fourth-order valence-corrected chi connectivity index (χ4v) is 4.15. The van der Waals surface area contributed by atoms with E-state index < -0.39 is 0 Å². The molecule has 1 unspecified atom stereocenters. The first kappa shape index (κ1) is 17.0. The molecule has 0 radical (unpaired) electrons. The van der Waals surface area contributed by atoms with E-state index in [0.717, 1.165) is 49.4 Å². The molecule has 2 heterocycles. The standard InChI is InChI=1S/C20H28FN3O/c1-22-19(11-16-10-17(21)4-5-20(16)22)14-23-7-8-24(12-15-2-3-15)18(13-23)6-9-25/h4-5,10-11,15,18,25H,2-3,6-9,12-14H2,1H3. The van der Waals surface area contributed by atoms with Crippen molar-refractivity contribution in [1.29, 1.82) is 0 Å². The molecular weight excluding hydrogens is 317 g/mol. The molecule has 1 aliphatic carbocycles. The van der Waals surface area contributed by atoms with Gasteiger partial charge in [-0.05, 0) is 49.4 Å². The molecule has 2 aromatic rings. The summed E-state index contributed by atoms with van der Waals surface area (Å²) in [5.41, 5.74) is 2.30. The summed E-state index contributed by atoms with van der Waals surface area (Å²) in [5.74, 6) is 0.710. The molecule has 1 N–H and O–H groups in total. The monoisotopic (exact) mass is 345 g/mol. The van der Waals surface area contributed by atoms with Crippen molar-refractivity contribution in [2.45, 2.75) is 31.8 Å². The van der Waals surface area contributed by atoms with Crippen LogP contribution in [0, 0.1) is 11.7 Å². The van der Waals surface area contributed by atoms with Crippen LogP contribution in [0.3, 0.4) is 0 Å². The van der Waals surface area contributed by atoms with Crippen LogP contribution in [0.5, 0.6) is 0 Å². The normalized spacial score (nSPS) is 22.8. The van der Waals surface area contributed by atoms with Crippen molar-refractivity contribution in [1.82, 2.24) is 14.4 Å². The Balaban J connectivity index is 1.46. The van der Waals surface area contributed by atoms with Gasteiger partial charge in [0, 0.05) is 69.0 Å². The number of nitrogens with zero attached hydrogens (tertiary/aromatic N) is 3. The van der Waals surface area contributed by atoms with Crippen LogP contribution in [0.15, 0.2) is 24.3 Å². The van der Waals surface area contributed by atoms with Gasteiger partial charge in [0.15, 0.2) is 0 Å². The number of benzene rings is 1. The Kier molecular flexibility index (Phi) is 4.80. The minimum Gasteiger partial charge on any atom is -0.396 e. The average molecular weight is 345 g/mol. The number of aliphatic hydroxyl groups is 1. The van der Waals surface area contributed by atoms with Crippen molar-refractivity contribution in [3.63, 3.8) is 0 Å². The van der Waals surface area contributed by atoms with Gasteiger partial charge in [0.2, 0.25) is 0 Å². The van der Waals surface area contributed by atoms with Gasteiger partial charge in [-0.3, -0.25) is 9.80 Å². The maximum atomic E-state index is 13.5. The Morgan fingerprint density at radius 3 is 2.80 bits per heavy atom. The topological polar surface area (TPSA) is 31.6 Å². The molecular formula is C20H28FN3O. The van der Waals surface area contributed by atoms with Gasteiger partial charge in [-0.2, -0.15) is 0 Å². The summed E-state index contributed by atoms with van der Waals surface area (Å²) in [6.07, 6.45) is 3.60. The van der Waals surface area contributed by atoms with Gasteiger partial charge in [-0.15, -0.1) is 0 Å². The lowest BCUT2D eigenvalue weighted by Gasteiger charge is -2.41. The van der Waals surface area contributed by atoms with E-state index in [2.05, 4.69) is 27.5 Å². The van der Waals surface area contributed by atoms with E-state index in [1.807, 2.05) is 6.07 Å². The van der Waals surface area contributed by atoms with E-state index in [9.17, 15) is 9.50 Å². The summed E-state index contributed by atoms with van der Waals surface area (Å²) in [7, 11) is 2.06. The van der Waals surface area contributed by atoms with Crippen LogP contribution >= 0.6 is 0 Å². The summed E-state index contributed by atoms with van der Waals surface area (Å²) in [4.78, 5) is 5.07. The van der Waals surface area contributed by atoms with E-state index in [1.165, 1.54) is 31.1 Å². The second kappa shape index (κ2) is 7.06. The van der Waals surface area contributed by atoms with E-state index in [1.54, 1.807) is 6.07 Å². The van der Waals surface area contributed by atoms with Crippen molar-refractivity contribution in [3.05, 3.63) is 35.8 Å². The largest absolute Gasteiger partial charge is 0.396 e. The van der Waals surface area contributed by atoms with Crippen LogP contribution < -0.4 is 0 Å². The molecule has 0 bridgehead atoms. The number of hydrogen-bond donors (Lipinski definition) is 1. The van der Waals surface area contributed by atoms with Gasteiger partial charge < -0.3 is 9.67 Å². The number of halogens is 1. The molecule has 4 nitrogen and oxygen atoms in total. The maximum Gasteiger partial charge on any atom is 0.123 e. The number of aromatic nitrogens is 1. The molecule has 2 fully saturated rings. The number of rotatable bonds is 6. The van der Waals surface area contributed by atoms with Gasteiger partial charge in [0.25, 0.3) is 0 Å². The van der Waals surface area contributed by atoms with Crippen molar-refractivity contribution < 1.29 is 9.50 Å². The predicted molar refractivity (Wildman–Crippen MR) is 97.9 cm³/mol.